The van der Waals surface area contributed by atoms with E-state index in [1.165, 1.54) is 0 Å². The van der Waals surface area contributed by atoms with Gasteiger partial charge in [0, 0.05) is 6.20 Å². The molecule has 2 N–H and O–H groups in total. The first-order valence-corrected chi connectivity index (χ1v) is 4.52. The van der Waals surface area contributed by atoms with Crippen molar-refractivity contribution in [1.29, 1.82) is 0 Å². The van der Waals surface area contributed by atoms with Crippen molar-refractivity contribution < 1.29 is 22.9 Å². The predicted octanol–water partition coefficient (Wildman–Crippen LogP) is 0.0265. The van der Waals surface area contributed by atoms with Gasteiger partial charge >= 0.3 is 5.97 Å². The van der Waals surface area contributed by atoms with Crippen LogP contribution in [0.2, 0.25) is 0 Å². The highest BCUT2D eigenvalue weighted by Gasteiger charge is 2.11. The molecule has 0 unspecified atom stereocenters. The van der Waals surface area contributed by atoms with Crippen LogP contribution in [-0.4, -0.2) is 29.0 Å². The number of carboxylic acids is 1. The Bertz CT molecular complexity index is 421. The Morgan fingerprint density at radius 1 is 1.38 bits per heavy atom. The van der Waals surface area contributed by atoms with Crippen molar-refractivity contribution in [2.24, 2.45) is 0 Å². The number of pyridine rings is 1. The quantitative estimate of drug-likeness (QED) is 0.657. The second-order valence-corrected chi connectivity index (χ2v) is 3.58. The third-order valence-corrected chi connectivity index (χ3v) is 2.09. The molecule has 0 saturated heterocycles. The summed E-state index contributed by atoms with van der Waals surface area (Å²) >= 11 is 0. The van der Waals surface area contributed by atoms with Crippen molar-refractivity contribution in [3.05, 3.63) is 24.0 Å². The number of hydrogen-bond donors (Lipinski definition) is 2. The maximum Gasteiger partial charge on any atom is 0.354 e. The molecule has 0 aromatic carbocycles. The molecule has 0 aliphatic carbocycles. The van der Waals surface area contributed by atoms with E-state index in [0.29, 0.717) is 0 Å². The van der Waals surface area contributed by atoms with E-state index >= 15 is 0 Å². The topological polar surface area (TPSA) is 105 Å². The molecule has 0 spiro atoms. The molecule has 0 radical (unpaired) electrons. The zero-order chi connectivity index (χ0) is 10.1. The standard InChI is InChI=1S/C6H5NO5S/c8-6(9)5-2-1-4(3-7-5)13(10,11)12/h1-3H,(H,8,9)(H,10,11,12). The molecule has 7 heteroatoms. The van der Waals surface area contributed by atoms with Crippen molar-refractivity contribution in [3.8, 4) is 0 Å². The Hall–Kier alpha value is -1.47. The zero-order valence-electron chi connectivity index (χ0n) is 6.21. The van der Waals surface area contributed by atoms with Crippen LogP contribution in [0.25, 0.3) is 0 Å². The fourth-order valence-corrected chi connectivity index (χ4v) is 1.09. The van der Waals surface area contributed by atoms with Crippen molar-refractivity contribution in [3.63, 3.8) is 0 Å². The van der Waals surface area contributed by atoms with Crippen molar-refractivity contribution in [1.82, 2.24) is 4.98 Å². The monoisotopic (exact) mass is 203 g/mol. The highest BCUT2D eigenvalue weighted by Crippen LogP contribution is 2.06. The van der Waals surface area contributed by atoms with Gasteiger partial charge in [0.1, 0.15) is 10.6 Å². The van der Waals surface area contributed by atoms with Crippen LogP contribution >= 0.6 is 0 Å². The Morgan fingerprint density at radius 2 is 2.00 bits per heavy atom. The summed E-state index contributed by atoms with van der Waals surface area (Å²) in [6.07, 6.45) is 0.777. The molecule has 70 valence electrons. The molecule has 0 fully saturated rings. The number of carbonyl (C=O) groups is 1. The second-order valence-electron chi connectivity index (χ2n) is 2.16. The normalized spacial score (nSPS) is 11.2. The number of hydrogen-bond acceptors (Lipinski definition) is 4. The molecule has 6 nitrogen and oxygen atoms in total. The van der Waals surface area contributed by atoms with Gasteiger partial charge in [-0.15, -0.1) is 0 Å². The van der Waals surface area contributed by atoms with Crippen LogP contribution in [0.5, 0.6) is 0 Å². The number of rotatable bonds is 2. The van der Waals surface area contributed by atoms with Crippen LogP contribution in [0, 0.1) is 0 Å². The van der Waals surface area contributed by atoms with Gasteiger partial charge in [0.2, 0.25) is 0 Å². The Balaban J connectivity index is 3.16. The molecule has 1 rings (SSSR count). The van der Waals surface area contributed by atoms with E-state index in [-0.39, 0.29) is 5.69 Å². The maximum absolute atomic E-state index is 10.5. The van der Waals surface area contributed by atoms with Crippen LogP contribution in [0.4, 0.5) is 0 Å². The zero-order valence-corrected chi connectivity index (χ0v) is 7.02. The van der Waals surface area contributed by atoms with Gasteiger partial charge in [-0.3, -0.25) is 4.55 Å². The van der Waals surface area contributed by atoms with Gasteiger partial charge in [-0.2, -0.15) is 8.42 Å². The number of carboxylic acid groups (broad SMARTS) is 1. The van der Waals surface area contributed by atoms with Crippen molar-refractivity contribution in [2.45, 2.75) is 4.90 Å². The molecule has 1 aromatic heterocycles. The van der Waals surface area contributed by atoms with E-state index in [1.54, 1.807) is 0 Å². The lowest BCUT2D eigenvalue weighted by molar-refractivity contribution is 0.0690. The van der Waals surface area contributed by atoms with Crippen LogP contribution < -0.4 is 0 Å². The Morgan fingerprint density at radius 3 is 2.31 bits per heavy atom. The van der Waals surface area contributed by atoms with Gasteiger partial charge in [0.15, 0.2) is 0 Å². The number of aromatic carboxylic acids is 1. The molecule has 1 heterocycles. The minimum absolute atomic E-state index is 0.285. The lowest BCUT2D eigenvalue weighted by atomic mass is 10.4. The van der Waals surface area contributed by atoms with Crippen LogP contribution in [-0.2, 0) is 10.1 Å². The van der Waals surface area contributed by atoms with Gasteiger partial charge in [-0.05, 0) is 12.1 Å². The summed E-state index contributed by atoms with van der Waals surface area (Å²) in [6.45, 7) is 0. The first kappa shape index (κ1) is 9.62. The lowest BCUT2D eigenvalue weighted by Crippen LogP contribution is -2.03. The molecule has 1 aromatic rings. The summed E-state index contributed by atoms with van der Waals surface area (Å²) in [7, 11) is -4.30. The fourth-order valence-electron chi connectivity index (χ4n) is 0.659. The molecule has 0 aliphatic rings. The summed E-state index contributed by atoms with van der Waals surface area (Å²) in [5, 5.41) is 8.40. The average Bonchev–Trinajstić information content (AvgIpc) is 2.03. The molecule has 0 saturated carbocycles. The highest BCUT2D eigenvalue weighted by molar-refractivity contribution is 7.85. The van der Waals surface area contributed by atoms with E-state index in [0.717, 1.165) is 18.3 Å². The Kier molecular flexibility index (Phi) is 2.30. The van der Waals surface area contributed by atoms with Crippen LogP contribution in [0.1, 0.15) is 10.5 Å². The maximum atomic E-state index is 10.5. The average molecular weight is 203 g/mol. The molecule has 0 bridgehead atoms. The summed E-state index contributed by atoms with van der Waals surface area (Å²) < 4.78 is 29.5. The van der Waals surface area contributed by atoms with E-state index < -0.39 is 21.0 Å². The lowest BCUT2D eigenvalue weighted by Gasteiger charge is -1.96. The van der Waals surface area contributed by atoms with Crippen LogP contribution in [0.3, 0.4) is 0 Å². The van der Waals surface area contributed by atoms with E-state index in [1.807, 2.05) is 0 Å². The summed E-state index contributed by atoms with van der Waals surface area (Å²) in [6, 6.07) is 1.96. The molecule has 0 amide bonds. The van der Waals surface area contributed by atoms with Gasteiger partial charge in [-0.1, -0.05) is 0 Å². The van der Waals surface area contributed by atoms with Crippen molar-refractivity contribution >= 4 is 16.1 Å². The minimum Gasteiger partial charge on any atom is -0.477 e. The predicted molar refractivity (Wildman–Crippen MR) is 41.0 cm³/mol. The van der Waals surface area contributed by atoms with E-state index in [4.69, 9.17) is 9.66 Å². The van der Waals surface area contributed by atoms with Gasteiger partial charge in [0.25, 0.3) is 10.1 Å². The summed E-state index contributed by atoms with van der Waals surface area (Å²) in [5.41, 5.74) is -0.285. The fraction of sp³-hybridized carbons (Fsp3) is 0. The molecule has 0 atom stereocenters. The first-order chi connectivity index (χ1) is 5.91. The van der Waals surface area contributed by atoms with E-state index in [9.17, 15) is 13.2 Å². The molecular weight excluding hydrogens is 198 g/mol. The van der Waals surface area contributed by atoms with Gasteiger partial charge in [0.05, 0.1) is 0 Å². The molecular formula is C6H5NO5S. The van der Waals surface area contributed by atoms with E-state index in [2.05, 4.69) is 4.98 Å². The number of nitrogens with zero attached hydrogens (tertiary/aromatic N) is 1. The smallest absolute Gasteiger partial charge is 0.354 e. The largest absolute Gasteiger partial charge is 0.477 e. The van der Waals surface area contributed by atoms with Crippen molar-refractivity contribution in [2.75, 3.05) is 0 Å². The second kappa shape index (κ2) is 3.11. The molecule has 0 aliphatic heterocycles. The minimum atomic E-state index is -4.30. The van der Waals surface area contributed by atoms with Gasteiger partial charge < -0.3 is 5.11 Å². The third-order valence-electron chi connectivity index (χ3n) is 1.25. The third kappa shape index (κ3) is 2.23. The summed E-state index contributed by atoms with van der Waals surface area (Å²) in [4.78, 5) is 13.2. The highest BCUT2D eigenvalue weighted by atomic mass is 32.2. The number of aromatic nitrogens is 1. The van der Waals surface area contributed by atoms with Gasteiger partial charge in [-0.25, -0.2) is 9.78 Å². The molecule has 13 heavy (non-hydrogen) atoms. The first-order valence-electron chi connectivity index (χ1n) is 3.08. The summed E-state index contributed by atoms with van der Waals surface area (Å²) in [5.74, 6) is -1.26. The Labute approximate surface area is 73.6 Å². The SMILES string of the molecule is O=C(O)c1ccc(S(=O)(=O)O)cn1. The van der Waals surface area contributed by atoms with Crippen LogP contribution in [0.15, 0.2) is 23.2 Å².